The second kappa shape index (κ2) is 7.58. The number of anilines is 1. The summed E-state index contributed by atoms with van der Waals surface area (Å²) < 4.78 is 45.8. The topological polar surface area (TPSA) is 75.9 Å². The zero-order chi connectivity index (χ0) is 20.8. The Morgan fingerprint density at radius 3 is 2.86 bits per heavy atom. The van der Waals surface area contributed by atoms with Crippen LogP contribution in [0.15, 0.2) is 6.07 Å². The van der Waals surface area contributed by atoms with Crippen molar-refractivity contribution in [2.45, 2.75) is 70.3 Å². The fraction of sp³-hybridized carbons (Fsp3) is 0.667. The van der Waals surface area contributed by atoms with E-state index < -0.39 is 12.2 Å². The van der Waals surface area contributed by atoms with Crippen molar-refractivity contribution < 1.29 is 18.0 Å². The molecule has 2 aliphatic rings. The van der Waals surface area contributed by atoms with Crippen LogP contribution in [0.3, 0.4) is 0 Å². The molecule has 1 N–H and O–H groups in total. The summed E-state index contributed by atoms with van der Waals surface area (Å²) in [5.74, 6) is 0.200. The van der Waals surface area contributed by atoms with E-state index in [-0.39, 0.29) is 24.4 Å². The molecule has 0 aromatic carbocycles. The van der Waals surface area contributed by atoms with Crippen molar-refractivity contribution in [1.82, 2.24) is 24.3 Å². The number of aromatic nitrogens is 4. The molecule has 0 saturated carbocycles. The lowest BCUT2D eigenvalue weighted by molar-refractivity contribution is -0.173. The zero-order valence-electron chi connectivity index (χ0n) is 16.2. The summed E-state index contributed by atoms with van der Waals surface area (Å²) in [6.45, 7) is 4.32. The molecule has 2 aromatic heterocycles. The van der Waals surface area contributed by atoms with Gasteiger partial charge in [-0.2, -0.15) is 18.3 Å². The largest absolute Gasteiger partial charge is 0.410 e. The second-order valence-corrected chi connectivity index (χ2v) is 8.25. The van der Waals surface area contributed by atoms with E-state index in [1.54, 1.807) is 11.0 Å². The van der Waals surface area contributed by atoms with Gasteiger partial charge in [0.25, 0.3) is 5.91 Å². The monoisotopic (exact) mass is 428 g/mol. The van der Waals surface area contributed by atoms with Crippen molar-refractivity contribution in [3.05, 3.63) is 22.3 Å². The minimum Gasteiger partial charge on any atom is -0.367 e. The van der Waals surface area contributed by atoms with Crippen molar-refractivity contribution in [3.8, 4) is 0 Å². The molecule has 29 heavy (non-hydrogen) atoms. The number of nitrogens with zero attached hydrogens (tertiary/aromatic N) is 5. The van der Waals surface area contributed by atoms with Gasteiger partial charge in [0, 0.05) is 18.7 Å². The first-order valence-corrected chi connectivity index (χ1v) is 10.7. The maximum atomic E-state index is 13.6. The van der Waals surface area contributed by atoms with Crippen LogP contribution in [0.2, 0.25) is 0 Å². The Morgan fingerprint density at radius 1 is 1.38 bits per heavy atom. The number of halogens is 3. The maximum absolute atomic E-state index is 13.6. The molecule has 11 heteroatoms. The highest BCUT2D eigenvalue weighted by Gasteiger charge is 2.46. The Hall–Kier alpha value is -2.17. The predicted octanol–water partition coefficient (Wildman–Crippen LogP) is 3.97. The number of alkyl halides is 3. The molecule has 4 rings (SSSR count). The first-order valence-electron chi connectivity index (χ1n) is 9.88. The van der Waals surface area contributed by atoms with E-state index in [1.807, 2.05) is 13.8 Å². The van der Waals surface area contributed by atoms with E-state index in [4.69, 9.17) is 0 Å². The van der Waals surface area contributed by atoms with Gasteiger partial charge >= 0.3 is 6.18 Å². The minimum absolute atomic E-state index is 0.0478. The smallest absolute Gasteiger partial charge is 0.367 e. The molecule has 0 bridgehead atoms. The van der Waals surface area contributed by atoms with E-state index in [1.165, 1.54) is 0 Å². The average Bonchev–Trinajstić information content (AvgIpc) is 3.43. The van der Waals surface area contributed by atoms with E-state index in [2.05, 4.69) is 20.0 Å². The molecule has 0 radical (unpaired) electrons. The Morgan fingerprint density at radius 2 is 2.17 bits per heavy atom. The summed E-state index contributed by atoms with van der Waals surface area (Å²) in [4.78, 5) is 15.3. The fourth-order valence-electron chi connectivity index (χ4n) is 4.15. The van der Waals surface area contributed by atoms with Crippen LogP contribution in [0.5, 0.6) is 0 Å². The first kappa shape index (κ1) is 20.1. The lowest BCUT2D eigenvalue weighted by Crippen LogP contribution is -2.39. The molecule has 1 fully saturated rings. The summed E-state index contributed by atoms with van der Waals surface area (Å²) in [5.41, 5.74) is 1.15. The van der Waals surface area contributed by atoms with Crippen LogP contribution < -0.4 is 5.32 Å². The number of nitrogens with one attached hydrogen (secondary N) is 1. The molecule has 1 unspecified atom stereocenters. The highest BCUT2D eigenvalue weighted by Crippen LogP contribution is 2.42. The van der Waals surface area contributed by atoms with Crippen LogP contribution in [0.4, 0.5) is 19.0 Å². The number of aryl methyl sites for hydroxylation is 1. The van der Waals surface area contributed by atoms with Crippen LogP contribution >= 0.6 is 11.5 Å². The Balaban J connectivity index is 1.65. The summed E-state index contributed by atoms with van der Waals surface area (Å²) in [6, 6.07) is -0.582. The lowest BCUT2D eigenvalue weighted by Gasteiger charge is -2.32. The van der Waals surface area contributed by atoms with Crippen LogP contribution in [0.1, 0.15) is 72.7 Å². The van der Waals surface area contributed by atoms with Crippen molar-refractivity contribution >= 4 is 23.3 Å². The van der Waals surface area contributed by atoms with Crippen molar-refractivity contribution in [3.63, 3.8) is 0 Å². The highest BCUT2D eigenvalue weighted by molar-refractivity contribution is 7.08. The number of hydrogen-bond donors (Lipinski definition) is 1. The summed E-state index contributed by atoms with van der Waals surface area (Å²) in [6.07, 6.45) is -1.77. The Kier molecular flexibility index (Phi) is 5.26. The van der Waals surface area contributed by atoms with Crippen LogP contribution in [0, 0.1) is 0 Å². The first-order chi connectivity index (χ1) is 13.8. The summed E-state index contributed by atoms with van der Waals surface area (Å²) in [7, 11) is 0. The van der Waals surface area contributed by atoms with Crippen LogP contribution in [-0.4, -0.2) is 48.9 Å². The number of fused-ring (bicyclic) bond motifs is 1. The number of hydrogen-bond acceptors (Lipinski definition) is 6. The molecule has 4 heterocycles. The summed E-state index contributed by atoms with van der Waals surface area (Å²) in [5, 5.41) is 11.5. The van der Waals surface area contributed by atoms with Gasteiger partial charge in [-0.05, 0) is 43.6 Å². The van der Waals surface area contributed by atoms with Gasteiger partial charge in [-0.15, -0.1) is 5.10 Å². The molecule has 158 valence electrons. The second-order valence-electron chi connectivity index (χ2n) is 7.50. The molecule has 2 aromatic rings. The van der Waals surface area contributed by atoms with Crippen molar-refractivity contribution in [2.24, 2.45) is 0 Å². The van der Waals surface area contributed by atoms with Gasteiger partial charge in [-0.3, -0.25) is 4.79 Å². The number of carbonyl (C=O) groups excluding carboxylic acids is 1. The minimum atomic E-state index is -4.37. The van der Waals surface area contributed by atoms with E-state index in [0.717, 1.165) is 22.6 Å². The maximum Gasteiger partial charge on any atom is 0.410 e. The van der Waals surface area contributed by atoms with Crippen molar-refractivity contribution in [1.29, 1.82) is 0 Å². The van der Waals surface area contributed by atoms with E-state index in [0.29, 0.717) is 47.9 Å². The predicted molar refractivity (Wildman–Crippen MR) is 102 cm³/mol. The zero-order valence-corrected chi connectivity index (χ0v) is 17.1. The molecule has 1 amide bonds. The normalized spacial score (nSPS) is 24.4. The number of rotatable bonds is 4. The third-order valence-corrected chi connectivity index (χ3v) is 6.48. The van der Waals surface area contributed by atoms with Crippen LogP contribution in [0.25, 0.3) is 0 Å². The van der Waals surface area contributed by atoms with E-state index in [9.17, 15) is 18.0 Å². The Bertz CT molecular complexity index is 895. The molecular weight excluding hydrogens is 405 g/mol. The fourth-order valence-corrected chi connectivity index (χ4v) is 4.86. The molecule has 0 aliphatic carbocycles. The summed E-state index contributed by atoms with van der Waals surface area (Å²) >= 11 is 1.06. The third kappa shape index (κ3) is 3.60. The molecule has 2 aliphatic heterocycles. The quantitative estimate of drug-likeness (QED) is 0.798. The molecule has 3 atom stereocenters. The van der Waals surface area contributed by atoms with Gasteiger partial charge in [-0.25, -0.2) is 4.68 Å². The molecule has 1 saturated heterocycles. The lowest BCUT2D eigenvalue weighted by atomic mass is 10.0. The van der Waals surface area contributed by atoms with Crippen molar-refractivity contribution in [2.75, 3.05) is 11.9 Å². The van der Waals surface area contributed by atoms with E-state index >= 15 is 0 Å². The number of likely N-dealkylation sites (tertiary alicyclic amines) is 1. The van der Waals surface area contributed by atoms with Gasteiger partial charge < -0.3 is 10.2 Å². The van der Waals surface area contributed by atoms with Gasteiger partial charge in [0.2, 0.25) is 0 Å². The SMILES string of the molecule is CCc1nnsc1C(=O)N1CCCC1c1cc2n(n1)[C@@H](C(F)(F)F)C[C@@H](CC)N2. The third-order valence-electron chi connectivity index (χ3n) is 5.72. The molecule has 7 nitrogen and oxygen atoms in total. The number of amides is 1. The van der Waals surface area contributed by atoms with Gasteiger partial charge in [0.05, 0.1) is 17.4 Å². The van der Waals surface area contributed by atoms with Gasteiger partial charge in [-0.1, -0.05) is 18.3 Å². The van der Waals surface area contributed by atoms with Gasteiger partial charge in [0.15, 0.2) is 6.04 Å². The van der Waals surface area contributed by atoms with Gasteiger partial charge in [0.1, 0.15) is 10.7 Å². The molecular formula is C18H23F3N6OS. The average molecular weight is 428 g/mol. The molecule has 0 spiro atoms. The Labute approximate surface area is 170 Å². The standard InChI is InChI=1S/C18H23F3N6OS/c1-3-10-8-14(18(19,20)21)27-15(22-10)9-12(24-27)13-6-5-7-26(13)17(28)16-11(4-2)23-25-29-16/h9-10,13-14,22H,3-8H2,1-2H3/t10-,13?,14-/m1/s1. The number of carbonyl (C=O) groups is 1. The van der Waals surface area contributed by atoms with Crippen LogP contribution in [-0.2, 0) is 6.42 Å². The highest BCUT2D eigenvalue weighted by atomic mass is 32.1.